The molecule has 110 valence electrons. The van der Waals surface area contributed by atoms with Gasteiger partial charge < -0.3 is 15.0 Å². The average Bonchev–Trinajstić information content (AvgIpc) is 2.97. The summed E-state index contributed by atoms with van der Waals surface area (Å²) in [6, 6.07) is 0.216. The topological polar surface area (TPSA) is 93.4 Å². The number of nitrogens with one attached hydrogen (secondary N) is 1. The number of hydrogen-bond donors (Lipinski definition) is 1. The lowest BCUT2D eigenvalue weighted by Gasteiger charge is -2.28. The fourth-order valence-electron chi connectivity index (χ4n) is 2.48. The molecular formula is C12H19N5O3. The van der Waals surface area contributed by atoms with Crippen LogP contribution in [-0.4, -0.2) is 47.7 Å². The van der Waals surface area contributed by atoms with E-state index in [9.17, 15) is 10.1 Å². The predicted octanol–water partition coefficient (Wildman–Crippen LogP) is 0.972. The molecule has 0 amide bonds. The van der Waals surface area contributed by atoms with E-state index in [1.165, 1.54) is 13.4 Å². The van der Waals surface area contributed by atoms with Crippen molar-refractivity contribution in [3.63, 3.8) is 0 Å². The molecule has 0 spiro atoms. The van der Waals surface area contributed by atoms with Gasteiger partial charge in [0, 0.05) is 19.1 Å². The van der Waals surface area contributed by atoms with Crippen molar-refractivity contribution in [2.24, 2.45) is 0 Å². The van der Waals surface area contributed by atoms with E-state index in [1.54, 1.807) is 0 Å². The molecular weight excluding hydrogens is 262 g/mol. The second-order valence-electron chi connectivity index (χ2n) is 4.65. The first-order valence-corrected chi connectivity index (χ1v) is 6.69. The summed E-state index contributed by atoms with van der Waals surface area (Å²) in [5.74, 6) is 0.351. The van der Waals surface area contributed by atoms with Crippen molar-refractivity contribution in [3.8, 4) is 5.88 Å². The van der Waals surface area contributed by atoms with E-state index in [0.29, 0.717) is 12.4 Å². The minimum Gasteiger partial charge on any atom is -0.476 e. The van der Waals surface area contributed by atoms with Gasteiger partial charge in [0.2, 0.25) is 5.82 Å². The molecule has 1 unspecified atom stereocenters. The third kappa shape index (κ3) is 2.79. The Morgan fingerprint density at radius 3 is 2.95 bits per heavy atom. The fourth-order valence-corrected chi connectivity index (χ4v) is 2.48. The molecule has 2 heterocycles. The largest absolute Gasteiger partial charge is 0.476 e. The lowest BCUT2D eigenvalue weighted by molar-refractivity contribution is -0.385. The number of hydrogen-bond acceptors (Lipinski definition) is 7. The molecule has 2 rings (SSSR count). The third-order valence-corrected chi connectivity index (χ3v) is 3.36. The quantitative estimate of drug-likeness (QED) is 0.613. The Balaban J connectivity index is 2.43. The van der Waals surface area contributed by atoms with Gasteiger partial charge in [0.25, 0.3) is 5.88 Å². The van der Waals surface area contributed by atoms with Gasteiger partial charge in [0.15, 0.2) is 0 Å². The molecule has 0 radical (unpaired) electrons. The number of aromatic nitrogens is 2. The van der Waals surface area contributed by atoms with E-state index in [1.807, 2.05) is 11.8 Å². The molecule has 1 saturated heterocycles. The van der Waals surface area contributed by atoms with Gasteiger partial charge in [0.05, 0.1) is 12.0 Å². The highest BCUT2D eigenvalue weighted by molar-refractivity contribution is 5.63. The van der Waals surface area contributed by atoms with Crippen LogP contribution in [0.2, 0.25) is 0 Å². The Morgan fingerprint density at radius 2 is 2.40 bits per heavy atom. The van der Waals surface area contributed by atoms with Crippen LogP contribution in [0.4, 0.5) is 11.5 Å². The van der Waals surface area contributed by atoms with Gasteiger partial charge in [-0.2, -0.15) is 4.98 Å². The van der Waals surface area contributed by atoms with Gasteiger partial charge in [-0.25, -0.2) is 4.98 Å². The number of ether oxygens (including phenoxy) is 1. The van der Waals surface area contributed by atoms with E-state index < -0.39 is 4.92 Å². The molecule has 1 N–H and O–H groups in total. The Morgan fingerprint density at radius 1 is 1.60 bits per heavy atom. The normalized spacial score (nSPS) is 18.0. The number of nitro groups is 1. The minimum absolute atomic E-state index is 0.00654. The second-order valence-corrected chi connectivity index (χ2v) is 4.65. The fraction of sp³-hybridized carbons (Fsp3) is 0.667. The smallest absolute Gasteiger partial charge is 0.372 e. The summed E-state index contributed by atoms with van der Waals surface area (Å²) in [7, 11) is 1.38. The zero-order valence-corrected chi connectivity index (χ0v) is 11.7. The van der Waals surface area contributed by atoms with Crippen molar-refractivity contribution in [2.45, 2.75) is 25.8 Å². The summed E-state index contributed by atoms with van der Waals surface area (Å²) in [6.07, 6.45) is 3.15. The average molecular weight is 281 g/mol. The van der Waals surface area contributed by atoms with E-state index in [0.717, 1.165) is 25.9 Å². The summed E-state index contributed by atoms with van der Waals surface area (Å²) in [4.78, 5) is 20.8. The summed E-state index contributed by atoms with van der Waals surface area (Å²) < 4.78 is 5.00. The molecule has 20 heavy (non-hydrogen) atoms. The van der Waals surface area contributed by atoms with E-state index in [4.69, 9.17) is 4.74 Å². The van der Waals surface area contributed by atoms with Crippen molar-refractivity contribution >= 4 is 11.5 Å². The van der Waals surface area contributed by atoms with Crippen LogP contribution in [0.5, 0.6) is 5.88 Å². The molecule has 1 aliphatic heterocycles. The van der Waals surface area contributed by atoms with Crippen LogP contribution in [0.1, 0.15) is 19.8 Å². The number of anilines is 1. The molecule has 1 aliphatic rings. The highest BCUT2D eigenvalue weighted by atomic mass is 16.6. The second kappa shape index (κ2) is 6.47. The van der Waals surface area contributed by atoms with Crippen LogP contribution in [0.25, 0.3) is 0 Å². The summed E-state index contributed by atoms with van der Waals surface area (Å²) >= 11 is 0. The molecule has 0 aromatic carbocycles. The molecule has 1 aromatic rings. The van der Waals surface area contributed by atoms with Gasteiger partial charge in [-0.1, -0.05) is 6.92 Å². The van der Waals surface area contributed by atoms with Gasteiger partial charge in [0.1, 0.15) is 6.33 Å². The maximum absolute atomic E-state index is 11.3. The molecule has 8 heteroatoms. The summed E-state index contributed by atoms with van der Waals surface area (Å²) in [5, 5.41) is 14.6. The highest BCUT2D eigenvalue weighted by Gasteiger charge is 2.32. The molecule has 0 aliphatic carbocycles. The standard InChI is InChI=1S/C12H19N5O3/c1-3-6-16(9-4-5-13-7-9)11-10(17(18)19)12(20-2)15-8-14-11/h8-9,13H,3-7H2,1-2H3. The predicted molar refractivity (Wildman–Crippen MR) is 74.2 cm³/mol. The van der Waals surface area contributed by atoms with Crippen LogP contribution in [0.3, 0.4) is 0 Å². The van der Waals surface area contributed by atoms with Crippen molar-refractivity contribution < 1.29 is 9.66 Å². The zero-order valence-electron chi connectivity index (χ0n) is 11.7. The van der Waals surface area contributed by atoms with Crippen LogP contribution in [0, 0.1) is 10.1 Å². The summed E-state index contributed by atoms with van der Waals surface area (Å²) in [6.45, 7) is 4.48. The van der Waals surface area contributed by atoms with Gasteiger partial charge in [-0.15, -0.1) is 0 Å². The van der Waals surface area contributed by atoms with E-state index in [-0.39, 0.29) is 17.6 Å². The van der Waals surface area contributed by atoms with Crippen LogP contribution in [-0.2, 0) is 0 Å². The monoisotopic (exact) mass is 281 g/mol. The maximum atomic E-state index is 11.3. The van der Waals surface area contributed by atoms with Crippen molar-refractivity contribution in [1.29, 1.82) is 0 Å². The molecule has 8 nitrogen and oxygen atoms in total. The highest BCUT2D eigenvalue weighted by Crippen LogP contribution is 2.34. The summed E-state index contributed by atoms with van der Waals surface area (Å²) in [5.41, 5.74) is -0.157. The molecule has 0 bridgehead atoms. The Kier molecular flexibility index (Phi) is 4.67. The van der Waals surface area contributed by atoms with Crippen LogP contribution >= 0.6 is 0 Å². The molecule has 1 fully saturated rings. The van der Waals surface area contributed by atoms with Crippen LogP contribution < -0.4 is 15.0 Å². The van der Waals surface area contributed by atoms with Crippen molar-refractivity contribution in [2.75, 3.05) is 31.6 Å². The first-order valence-electron chi connectivity index (χ1n) is 6.69. The van der Waals surface area contributed by atoms with E-state index in [2.05, 4.69) is 15.3 Å². The Hall–Kier alpha value is -1.96. The maximum Gasteiger partial charge on any atom is 0.372 e. The van der Waals surface area contributed by atoms with Gasteiger partial charge in [-0.05, 0) is 19.4 Å². The first-order chi connectivity index (χ1) is 9.69. The number of methoxy groups -OCH3 is 1. The first kappa shape index (κ1) is 14.4. The third-order valence-electron chi connectivity index (χ3n) is 3.36. The van der Waals surface area contributed by atoms with Crippen molar-refractivity contribution in [1.82, 2.24) is 15.3 Å². The van der Waals surface area contributed by atoms with Crippen molar-refractivity contribution in [3.05, 3.63) is 16.4 Å². The minimum atomic E-state index is -0.473. The Labute approximate surface area is 117 Å². The molecule has 0 saturated carbocycles. The van der Waals surface area contributed by atoms with E-state index >= 15 is 0 Å². The number of rotatable bonds is 6. The molecule has 1 aromatic heterocycles. The van der Waals surface area contributed by atoms with Crippen LogP contribution in [0.15, 0.2) is 6.33 Å². The number of nitrogens with zero attached hydrogens (tertiary/aromatic N) is 4. The van der Waals surface area contributed by atoms with Gasteiger partial charge >= 0.3 is 5.69 Å². The van der Waals surface area contributed by atoms with Gasteiger partial charge in [-0.3, -0.25) is 10.1 Å². The SMILES string of the molecule is CCCN(c1ncnc(OC)c1[N+](=O)[O-])C1CCNC1. The Bertz CT molecular complexity index is 476. The lowest BCUT2D eigenvalue weighted by Crippen LogP contribution is -2.38. The zero-order chi connectivity index (χ0) is 14.5. The lowest BCUT2D eigenvalue weighted by atomic mass is 10.2. The molecule has 1 atom stereocenters.